The number of rotatable bonds is 6. The lowest BCUT2D eigenvalue weighted by Crippen LogP contribution is -2.27. The number of fused-ring (bicyclic) bond motifs is 1. The lowest BCUT2D eigenvalue weighted by Gasteiger charge is -2.28. The molecule has 1 amide bonds. The van der Waals surface area contributed by atoms with E-state index in [0.29, 0.717) is 30.2 Å². The van der Waals surface area contributed by atoms with Crippen molar-refractivity contribution in [2.75, 3.05) is 13.1 Å². The molecule has 1 aliphatic heterocycles. The smallest absolute Gasteiger partial charge is 0.222 e. The summed E-state index contributed by atoms with van der Waals surface area (Å²) in [5, 5.41) is 11.0. The van der Waals surface area contributed by atoms with Crippen LogP contribution in [-0.4, -0.2) is 34.8 Å². The number of phenolic OH excluding ortho intramolecular Hbond substituents is 1. The molecule has 1 saturated carbocycles. The maximum Gasteiger partial charge on any atom is 0.222 e. The second-order valence-corrected chi connectivity index (χ2v) is 11.1. The molecule has 2 atom stereocenters. The van der Waals surface area contributed by atoms with Gasteiger partial charge in [0.25, 0.3) is 0 Å². The summed E-state index contributed by atoms with van der Waals surface area (Å²) in [5.74, 6) is 1.48. The van der Waals surface area contributed by atoms with Gasteiger partial charge in [-0.05, 0) is 61.3 Å². The quantitative estimate of drug-likeness (QED) is 0.404. The number of ketones is 1. The highest BCUT2D eigenvalue weighted by Crippen LogP contribution is 2.46. The second kappa shape index (κ2) is 9.91. The Labute approximate surface area is 205 Å². The highest BCUT2D eigenvalue weighted by molar-refractivity contribution is 7.19. The van der Waals surface area contributed by atoms with Gasteiger partial charge in [-0.15, -0.1) is 11.3 Å². The maximum atomic E-state index is 13.8. The van der Waals surface area contributed by atoms with Gasteiger partial charge in [0.1, 0.15) is 5.75 Å². The van der Waals surface area contributed by atoms with E-state index in [0.717, 1.165) is 53.6 Å². The first-order chi connectivity index (χ1) is 16.5. The van der Waals surface area contributed by atoms with Gasteiger partial charge in [0.05, 0.1) is 0 Å². The van der Waals surface area contributed by atoms with Crippen molar-refractivity contribution in [2.24, 2.45) is 5.92 Å². The van der Waals surface area contributed by atoms with Crippen molar-refractivity contribution in [3.63, 3.8) is 0 Å². The molecule has 1 aliphatic carbocycles. The number of hydrogen-bond acceptors (Lipinski definition) is 4. The summed E-state index contributed by atoms with van der Waals surface area (Å²) in [6.45, 7) is 4.08. The average molecular weight is 476 g/mol. The number of hydrogen-bond donors (Lipinski definition) is 1. The summed E-state index contributed by atoms with van der Waals surface area (Å²) in [4.78, 5) is 29.3. The van der Waals surface area contributed by atoms with Crippen LogP contribution < -0.4 is 0 Å². The molecular formula is C29H33NO3S. The number of amides is 1. The zero-order valence-corrected chi connectivity index (χ0v) is 20.7. The summed E-state index contributed by atoms with van der Waals surface area (Å²) in [5.41, 5.74) is 2.59. The third-order valence-corrected chi connectivity index (χ3v) is 8.96. The molecule has 5 rings (SSSR count). The Morgan fingerprint density at radius 3 is 2.47 bits per heavy atom. The summed E-state index contributed by atoms with van der Waals surface area (Å²) < 4.78 is 0.980. The number of phenols is 1. The van der Waals surface area contributed by atoms with Crippen LogP contribution in [0.1, 0.15) is 84.1 Å². The Hall–Kier alpha value is -2.66. The van der Waals surface area contributed by atoms with Crippen molar-refractivity contribution in [3.05, 3.63) is 64.0 Å². The SMILES string of the molecule is CC1CCCCC1c1sc2cc(O)ccc2c1C(=O)c1ccc(CCC(=O)N2CCCC2)cc1. The largest absolute Gasteiger partial charge is 0.508 e. The lowest BCUT2D eigenvalue weighted by molar-refractivity contribution is -0.130. The third-order valence-electron chi connectivity index (χ3n) is 7.68. The van der Waals surface area contributed by atoms with Crippen molar-refractivity contribution in [1.82, 2.24) is 4.90 Å². The minimum Gasteiger partial charge on any atom is -0.508 e. The molecule has 0 radical (unpaired) electrons. The van der Waals surface area contributed by atoms with E-state index in [9.17, 15) is 14.7 Å². The van der Waals surface area contributed by atoms with Crippen LogP contribution in [0.3, 0.4) is 0 Å². The van der Waals surface area contributed by atoms with Gasteiger partial charge in [0.2, 0.25) is 5.91 Å². The van der Waals surface area contributed by atoms with E-state index in [1.807, 2.05) is 35.2 Å². The average Bonchev–Trinajstić information content (AvgIpc) is 3.51. The van der Waals surface area contributed by atoms with E-state index in [-0.39, 0.29) is 17.4 Å². The van der Waals surface area contributed by atoms with E-state index < -0.39 is 0 Å². The van der Waals surface area contributed by atoms with E-state index in [4.69, 9.17) is 0 Å². The first kappa shape index (κ1) is 23.1. The normalized spacial score (nSPS) is 20.7. The van der Waals surface area contributed by atoms with E-state index in [2.05, 4.69) is 6.92 Å². The molecule has 2 heterocycles. The van der Waals surface area contributed by atoms with Crippen LogP contribution in [0.4, 0.5) is 0 Å². The zero-order valence-electron chi connectivity index (χ0n) is 19.9. The lowest BCUT2D eigenvalue weighted by atomic mass is 9.78. The standard InChI is InChI=1S/C29H33NO3S/c1-19-6-2-3-7-23(19)29-27(24-14-13-22(31)18-25(24)34-29)28(33)21-11-8-20(9-12-21)10-15-26(32)30-16-4-5-17-30/h8-9,11-14,18-19,23,31H,2-7,10,15-17H2,1H3. The monoisotopic (exact) mass is 475 g/mol. The summed E-state index contributed by atoms with van der Waals surface area (Å²) in [7, 11) is 0. The molecule has 2 unspecified atom stereocenters. The van der Waals surface area contributed by atoms with Crippen molar-refractivity contribution in [2.45, 2.75) is 64.2 Å². The fourth-order valence-electron chi connectivity index (χ4n) is 5.65. The molecule has 1 aromatic heterocycles. The summed E-state index contributed by atoms with van der Waals surface area (Å²) in [6.07, 6.45) is 8.22. The molecule has 2 aromatic carbocycles. The van der Waals surface area contributed by atoms with Gasteiger partial charge in [-0.3, -0.25) is 9.59 Å². The molecule has 5 heteroatoms. The minimum absolute atomic E-state index is 0.0596. The van der Waals surface area contributed by atoms with Crippen molar-refractivity contribution in [1.29, 1.82) is 0 Å². The number of likely N-dealkylation sites (tertiary alicyclic amines) is 1. The Morgan fingerprint density at radius 2 is 1.74 bits per heavy atom. The number of aromatic hydroxyl groups is 1. The van der Waals surface area contributed by atoms with Gasteiger partial charge in [0.15, 0.2) is 5.78 Å². The highest BCUT2D eigenvalue weighted by Gasteiger charge is 2.30. The van der Waals surface area contributed by atoms with Crippen LogP contribution in [0.25, 0.3) is 10.1 Å². The Morgan fingerprint density at radius 1 is 1.00 bits per heavy atom. The summed E-state index contributed by atoms with van der Waals surface area (Å²) in [6, 6.07) is 13.2. The van der Waals surface area contributed by atoms with E-state index in [1.54, 1.807) is 23.5 Å². The fraction of sp³-hybridized carbons (Fsp3) is 0.448. The molecule has 0 spiro atoms. The zero-order chi connectivity index (χ0) is 23.7. The topological polar surface area (TPSA) is 57.6 Å². The van der Waals surface area contributed by atoms with E-state index >= 15 is 0 Å². The number of aryl methyl sites for hydroxylation is 1. The Bertz CT molecular complexity index is 1190. The molecule has 0 bridgehead atoms. The molecule has 2 fully saturated rings. The predicted octanol–water partition coefficient (Wildman–Crippen LogP) is 6.69. The number of benzene rings is 2. The number of carbonyl (C=O) groups excluding carboxylic acids is 2. The van der Waals surface area contributed by atoms with Gasteiger partial charge in [-0.1, -0.05) is 50.5 Å². The molecule has 2 aliphatic rings. The highest BCUT2D eigenvalue weighted by atomic mass is 32.1. The van der Waals surface area contributed by atoms with E-state index in [1.165, 1.54) is 24.1 Å². The molecule has 178 valence electrons. The second-order valence-electron chi connectivity index (χ2n) is 10.0. The minimum atomic E-state index is 0.0596. The molecule has 34 heavy (non-hydrogen) atoms. The van der Waals surface area contributed by atoms with Crippen molar-refractivity contribution >= 4 is 33.1 Å². The third kappa shape index (κ3) is 4.63. The molecule has 1 saturated heterocycles. The Kier molecular flexibility index (Phi) is 6.73. The van der Waals surface area contributed by atoms with Gasteiger partial charge < -0.3 is 10.0 Å². The van der Waals surface area contributed by atoms with Crippen LogP contribution >= 0.6 is 11.3 Å². The number of thiophene rings is 1. The molecule has 3 aromatic rings. The number of carbonyl (C=O) groups is 2. The van der Waals surface area contributed by atoms with Crippen molar-refractivity contribution < 1.29 is 14.7 Å². The maximum absolute atomic E-state index is 13.8. The van der Waals surface area contributed by atoms with Gasteiger partial charge in [-0.25, -0.2) is 0 Å². The summed E-state index contributed by atoms with van der Waals surface area (Å²) >= 11 is 1.67. The number of nitrogens with zero attached hydrogens (tertiary/aromatic N) is 1. The first-order valence-electron chi connectivity index (χ1n) is 12.7. The van der Waals surface area contributed by atoms with Gasteiger partial charge in [-0.2, -0.15) is 0 Å². The molecule has 4 nitrogen and oxygen atoms in total. The van der Waals surface area contributed by atoms with Gasteiger partial charge in [0, 0.05) is 45.6 Å². The van der Waals surface area contributed by atoms with Crippen LogP contribution in [0.2, 0.25) is 0 Å². The van der Waals surface area contributed by atoms with Crippen molar-refractivity contribution in [3.8, 4) is 5.75 Å². The van der Waals surface area contributed by atoms with Gasteiger partial charge >= 0.3 is 0 Å². The van der Waals surface area contributed by atoms with Crippen LogP contribution in [0.15, 0.2) is 42.5 Å². The van der Waals surface area contributed by atoms with Crippen LogP contribution in [-0.2, 0) is 11.2 Å². The fourth-order valence-corrected chi connectivity index (χ4v) is 7.15. The Balaban J connectivity index is 1.40. The van der Waals surface area contributed by atoms with Crippen LogP contribution in [0.5, 0.6) is 5.75 Å². The molecule has 1 N–H and O–H groups in total. The predicted molar refractivity (Wildman–Crippen MR) is 138 cm³/mol. The van der Waals surface area contributed by atoms with Crippen LogP contribution in [0, 0.1) is 5.92 Å². The molecular weight excluding hydrogens is 442 g/mol. The first-order valence-corrected chi connectivity index (χ1v) is 13.5.